The van der Waals surface area contributed by atoms with Crippen LogP contribution >= 0.6 is 0 Å². The number of para-hydroxylation sites is 1. The van der Waals surface area contributed by atoms with Crippen molar-refractivity contribution in [3.63, 3.8) is 0 Å². The largest absolute Gasteiger partial charge is 0.398 e. The van der Waals surface area contributed by atoms with Gasteiger partial charge in [0.05, 0.1) is 11.0 Å². The molecule has 0 aliphatic carbocycles. The second-order valence-corrected chi connectivity index (χ2v) is 12.0. The molecule has 2 heteroatoms. The van der Waals surface area contributed by atoms with Gasteiger partial charge in [-0.3, -0.25) is 0 Å². The van der Waals surface area contributed by atoms with Crippen LogP contribution < -0.4 is 5.73 Å². The number of allylic oxidation sites excluding steroid dienone is 3. The molecule has 0 spiro atoms. The monoisotopic (exact) mass is 602 g/mol. The minimum Gasteiger partial charge on any atom is -0.398 e. The van der Waals surface area contributed by atoms with Crippen molar-refractivity contribution in [3.8, 4) is 39.1 Å². The number of aromatic nitrogens is 1. The van der Waals surface area contributed by atoms with Gasteiger partial charge in [-0.1, -0.05) is 140 Å². The summed E-state index contributed by atoms with van der Waals surface area (Å²) >= 11 is 0. The lowest BCUT2D eigenvalue weighted by atomic mass is 9.97. The van der Waals surface area contributed by atoms with Gasteiger partial charge in [-0.15, -0.1) is 0 Å². The predicted molar refractivity (Wildman–Crippen MR) is 202 cm³/mol. The summed E-state index contributed by atoms with van der Waals surface area (Å²) in [5, 5.41) is 4.94. The summed E-state index contributed by atoms with van der Waals surface area (Å²) in [6.07, 6.45) is 5.88. The number of hydrogen-bond acceptors (Lipinski definition) is 1. The van der Waals surface area contributed by atoms with Gasteiger partial charge >= 0.3 is 0 Å². The van der Waals surface area contributed by atoms with E-state index < -0.39 is 0 Å². The van der Waals surface area contributed by atoms with E-state index >= 15 is 0 Å². The highest BCUT2D eigenvalue weighted by Crippen LogP contribution is 2.39. The molecule has 0 atom stereocenters. The van der Waals surface area contributed by atoms with E-state index in [2.05, 4.69) is 162 Å². The second kappa shape index (κ2) is 12.0. The standard InChI is InChI=1S/C45H34N2/c1-2-3-17-43(46)33-20-18-32(19-21-33)36-22-25-40-38(29-36)24-27-42-41-26-23-37(30-44(41)47(45(40)42)39-15-8-5-9-16-39)35-14-10-13-34(28-35)31-11-6-4-7-12-31/h2-30H,46H2,1H3/b3-2-,43-17-. The molecular formula is C45H34N2. The van der Waals surface area contributed by atoms with Crippen molar-refractivity contribution in [2.75, 3.05) is 0 Å². The molecule has 2 nitrogen and oxygen atoms in total. The van der Waals surface area contributed by atoms with Crippen LogP contribution in [0.25, 0.3) is 77.3 Å². The van der Waals surface area contributed by atoms with Crippen LogP contribution in [0.3, 0.4) is 0 Å². The lowest BCUT2D eigenvalue weighted by Gasteiger charge is -2.12. The number of rotatable bonds is 6. The summed E-state index contributed by atoms with van der Waals surface area (Å²) in [5.41, 5.74) is 18.8. The highest BCUT2D eigenvalue weighted by Gasteiger charge is 2.16. The molecule has 0 aliphatic heterocycles. The number of nitrogens with two attached hydrogens (primary N) is 1. The third-order valence-electron chi connectivity index (χ3n) is 9.08. The minimum atomic E-state index is 0.761. The van der Waals surface area contributed by atoms with Gasteiger partial charge in [0, 0.05) is 27.5 Å². The van der Waals surface area contributed by atoms with Gasteiger partial charge in [-0.2, -0.15) is 0 Å². The van der Waals surface area contributed by atoms with Gasteiger partial charge < -0.3 is 10.3 Å². The van der Waals surface area contributed by atoms with E-state index in [-0.39, 0.29) is 0 Å². The molecule has 1 heterocycles. The van der Waals surface area contributed by atoms with Gasteiger partial charge in [0.15, 0.2) is 0 Å². The molecule has 0 fully saturated rings. The molecule has 0 amide bonds. The zero-order chi connectivity index (χ0) is 31.7. The molecule has 7 aromatic carbocycles. The van der Waals surface area contributed by atoms with Crippen LogP contribution in [-0.2, 0) is 0 Å². The van der Waals surface area contributed by atoms with E-state index in [9.17, 15) is 0 Å². The Hall–Kier alpha value is -6.12. The zero-order valence-electron chi connectivity index (χ0n) is 26.3. The van der Waals surface area contributed by atoms with E-state index in [1.165, 1.54) is 66.0 Å². The second-order valence-electron chi connectivity index (χ2n) is 12.0. The molecule has 224 valence electrons. The smallest absolute Gasteiger partial charge is 0.0619 e. The van der Waals surface area contributed by atoms with Gasteiger partial charge in [0.25, 0.3) is 0 Å². The third kappa shape index (κ3) is 5.20. The SMILES string of the molecule is C/C=C\C=C(/N)c1ccc(-c2ccc3c(ccc4c5ccc(-c6cccc(-c7ccccc7)c6)cc5n(-c5ccccc5)c34)c2)cc1. The van der Waals surface area contributed by atoms with Crippen LogP contribution in [0, 0.1) is 0 Å². The summed E-state index contributed by atoms with van der Waals surface area (Å²) in [7, 11) is 0. The van der Waals surface area contributed by atoms with Crippen LogP contribution in [0.5, 0.6) is 0 Å². The summed E-state index contributed by atoms with van der Waals surface area (Å²) in [4.78, 5) is 0. The van der Waals surface area contributed by atoms with Crippen LogP contribution in [0.15, 0.2) is 176 Å². The van der Waals surface area contributed by atoms with Crippen molar-refractivity contribution in [3.05, 3.63) is 182 Å². The number of hydrogen-bond donors (Lipinski definition) is 1. The molecule has 2 N–H and O–H groups in total. The summed E-state index contributed by atoms with van der Waals surface area (Å²) < 4.78 is 2.44. The topological polar surface area (TPSA) is 30.9 Å². The van der Waals surface area contributed by atoms with Crippen molar-refractivity contribution >= 4 is 38.3 Å². The van der Waals surface area contributed by atoms with Crippen LogP contribution in [0.2, 0.25) is 0 Å². The van der Waals surface area contributed by atoms with E-state index in [1.54, 1.807) is 0 Å². The van der Waals surface area contributed by atoms with Gasteiger partial charge in [-0.05, 0) is 87.7 Å². The predicted octanol–water partition coefficient (Wildman–Crippen LogP) is 11.8. The number of nitrogens with zero attached hydrogens (tertiary/aromatic N) is 1. The van der Waals surface area contributed by atoms with E-state index in [0.29, 0.717) is 0 Å². The number of fused-ring (bicyclic) bond motifs is 5. The Bertz CT molecular complexity index is 2450. The number of benzene rings is 7. The molecule has 0 aliphatic rings. The highest BCUT2D eigenvalue weighted by molar-refractivity contribution is 6.19. The summed E-state index contributed by atoms with van der Waals surface area (Å²) in [6.45, 7) is 1.99. The van der Waals surface area contributed by atoms with Gasteiger partial charge in [-0.25, -0.2) is 0 Å². The van der Waals surface area contributed by atoms with Crippen molar-refractivity contribution < 1.29 is 0 Å². The molecule has 47 heavy (non-hydrogen) atoms. The molecule has 1 aromatic heterocycles. The molecule has 8 aromatic rings. The van der Waals surface area contributed by atoms with Gasteiger partial charge in [0.1, 0.15) is 0 Å². The van der Waals surface area contributed by atoms with E-state index in [1.807, 2.05) is 25.2 Å². The molecule has 0 bridgehead atoms. The summed E-state index contributed by atoms with van der Waals surface area (Å²) in [6, 6.07) is 56.9. The third-order valence-corrected chi connectivity index (χ3v) is 9.08. The fourth-order valence-electron chi connectivity index (χ4n) is 6.70. The van der Waals surface area contributed by atoms with Crippen molar-refractivity contribution in [2.45, 2.75) is 6.92 Å². The first-order valence-electron chi connectivity index (χ1n) is 16.1. The molecular weight excluding hydrogens is 569 g/mol. The normalized spacial score (nSPS) is 12.1. The quantitative estimate of drug-likeness (QED) is 0.189. The van der Waals surface area contributed by atoms with Gasteiger partial charge in [0.2, 0.25) is 0 Å². The maximum Gasteiger partial charge on any atom is 0.0619 e. The van der Waals surface area contributed by atoms with Crippen molar-refractivity contribution in [1.82, 2.24) is 4.57 Å². The minimum absolute atomic E-state index is 0.761. The first kappa shape index (κ1) is 28.4. The van der Waals surface area contributed by atoms with Crippen LogP contribution in [-0.4, -0.2) is 4.57 Å². The average molecular weight is 603 g/mol. The maximum atomic E-state index is 6.27. The lowest BCUT2D eigenvalue weighted by molar-refractivity contribution is 1.19. The Morgan fingerprint density at radius 1 is 0.511 bits per heavy atom. The molecule has 0 saturated heterocycles. The van der Waals surface area contributed by atoms with Crippen LogP contribution in [0.4, 0.5) is 0 Å². The average Bonchev–Trinajstić information content (AvgIpc) is 3.48. The van der Waals surface area contributed by atoms with Crippen molar-refractivity contribution in [1.29, 1.82) is 0 Å². The van der Waals surface area contributed by atoms with E-state index in [0.717, 1.165) is 16.9 Å². The first-order chi connectivity index (χ1) is 23.2. The lowest BCUT2D eigenvalue weighted by Crippen LogP contribution is -1.95. The Balaban J connectivity index is 1.28. The molecule has 0 saturated carbocycles. The molecule has 0 radical (unpaired) electrons. The maximum absolute atomic E-state index is 6.27. The zero-order valence-corrected chi connectivity index (χ0v) is 26.3. The van der Waals surface area contributed by atoms with Crippen LogP contribution in [0.1, 0.15) is 12.5 Å². The van der Waals surface area contributed by atoms with E-state index in [4.69, 9.17) is 5.73 Å². The highest BCUT2D eigenvalue weighted by atomic mass is 15.0. The Kier molecular flexibility index (Phi) is 7.24. The Morgan fingerprint density at radius 3 is 1.83 bits per heavy atom. The first-order valence-corrected chi connectivity index (χ1v) is 16.1. The summed E-state index contributed by atoms with van der Waals surface area (Å²) in [5.74, 6) is 0. The molecule has 0 unspecified atom stereocenters. The molecule has 8 rings (SSSR count). The fourth-order valence-corrected chi connectivity index (χ4v) is 6.70. The Labute approximate surface area is 275 Å². The fraction of sp³-hybridized carbons (Fsp3) is 0.0222. The van der Waals surface area contributed by atoms with Crippen molar-refractivity contribution in [2.24, 2.45) is 5.73 Å². The Morgan fingerprint density at radius 2 is 1.09 bits per heavy atom.